The van der Waals surface area contributed by atoms with Crippen molar-refractivity contribution in [3.8, 4) is 5.75 Å². The summed E-state index contributed by atoms with van der Waals surface area (Å²) < 4.78 is 59.8. The molecule has 0 aliphatic heterocycles. The number of aryl methyl sites for hydroxylation is 2. The molecule has 0 bridgehead atoms. The second kappa shape index (κ2) is 15.6. The lowest BCUT2D eigenvalue weighted by Gasteiger charge is -2.18. The molecule has 2 atom stereocenters. The summed E-state index contributed by atoms with van der Waals surface area (Å²) in [5.74, 6) is 1.42. The number of alkyl halides is 3. The Morgan fingerprint density at radius 2 is 1.25 bits per heavy atom. The zero-order chi connectivity index (χ0) is 36.9. The van der Waals surface area contributed by atoms with Gasteiger partial charge in [0.2, 0.25) is 0 Å². The summed E-state index contributed by atoms with van der Waals surface area (Å²) in [5, 5.41) is 0. The van der Waals surface area contributed by atoms with Crippen LogP contribution in [-0.4, -0.2) is 25.2 Å². The van der Waals surface area contributed by atoms with E-state index in [4.69, 9.17) is 4.74 Å². The van der Waals surface area contributed by atoms with Crippen LogP contribution in [0.3, 0.4) is 0 Å². The van der Waals surface area contributed by atoms with Crippen molar-refractivity contribution in [3.63, 3.8) is 0 Å². The number of aromatic nitrogens is 4. The number of hydrogen-bond donors (Lipinski definition) is 0. The summed E-state index contributed by atoms with van der Waals surface area (Å²) in [5.41, 5.74) is 7.35. The van der Waals surface area contributed by atoms with Crippen molar-refractivity contribution in [2.75, 3.05) is 0 Å². The van der Waals surface area contributed by atoms with E-state index in [0.29, 0.717) is 12.4 Å². The van der Waals surface area contributed by atoms with Crippen molar-refractivity contribution < 1.29 is 27.1 Å². The number of imidazole rings is 2. The molecule has 4 aromatic carbocycles. The van der Waals surface area contributed by atoms with E-state index < -0.39 is 17.8 Å². The first kappa shape index (κ1) is 36.8. The normalized spacial score (nSPS) is 12.5. The van der Waals surface area contributed by atoms with Crippen molar-refractivity contribution in [2.24, 2.45) is 0 Å². The fourth-order valence-corrected chi connectivity index (χ4v) is 6.04. The highest BCUT2D eigenvalue weighted by molar-refractivity contribution is 5.74. The van der Waals surface area contributed by atoms with Crippen LogP contribution < -0.4 is 4.74 Å². The van der Waals surface area contributed by atoms with Crippen LogP contribution in [0.15, 0.2) is 110 Å². The molecule has 2 heterocycles. The minimum absolute atomic E-state index is 0.0735. The number of ether oxygens (including phenoxy) is 1. The van der Waals surface area contributed by atoms with Crippen molar-refractivity contribution >= 4 is 6.09 Å². The molecule has 6 aromatic rings. The molecule has 0 amide bonds. The van der Waals surface area contributed by atoms with Gasteiger partial charge < -0.3 is 9.30 Å². The van der Waals surface area contributed by atoms with Crippen LogP contribution in [0.5, 0.6) is 5.75 Å². The number of rotatable bonds is 7. The van der Waals surface area contributed by atoms with Gasteiger partial charge in [0, 0.05) is 43.2 Å². The van der Waals surface area contributed by atoms with Crippen molar-refractivity contribution in [3.05, 3.63) is 172 Å². The molecule has 0 saturated heterocycles. The maximum absolute atomic E-state index is 13.0. The first-order chi connectivity index (χ1) is 24.2. The summed E-state index contributed by atoms with van der Waals surface area (Å²) in [6, 6.07) is 22.9. The molecule has 2 unspecified atom stereocenters. The van der Waals surface area contributed by atoms with Gasteiger partial charge in [-0.1, -0.05) is 62.4 Å². The van der Waals surface area contributed by atoms with Crippen LogP contribution in [0, 0.1) is 33.5 Å². The van der Waals surface area contributed by atoms with Gasteiger partial charge in [0.25, 0.3) is 0 Å². The van der Waals surface area contributed by atoms with Crippen LogP contribution in [-0.2, 0) is 12.7 Å². The maximum atomic E-state index is 13.0. The summed E-state index contributed by atoms with van der Waals surface area (Å²) in [6.07, 6.45) is 1.87. The molecule has 0 radical (unpaired) electrons. The monoisotopic (exact) mass is 696 g/mol. The fraction of sp³-hybridized carbons (Fsp3) is 0.244. The molecular weight excluding hydrogens is 656 g/mol. The molecule has 6 nitrogen and oxygen atoms in total. The molecule has 0 fully saturated rings. The number of hydrogen-bond acceptors (Lipinski definition) is 4. The second-order valence-corrected chi connectivity index (χ2v) is 12.6. The Kier molecular flexibility index (Phi) is 11.2. The SMILES string of the molecule is Cc1cccc(C(C)c2nccn2C(=O)Oc2ccc(F)cc2)c1C.Cc1cccc(C(C)c2nccn2Cc2ccc(C(F)(F)F)cc2)c1C. The largest absolute Gasteiger partial charge is 0.424 e. The highest BCUT2D eigenvalue weighted by Gasteiger charge is 2.30. The zero-order valence-electron chi connectivity index (χ0n) is 29.4. The molecule has 51 heavy (non-hydrogen) atoms. The van der Waals surface area contributed by atoms with E-state index in [1.807, 2.05) is 35.9 Å². The first-order valence-electron chi connectivity index (χ1n) is 16.5. The van der Waals surface area contributed by atoms with E-state index in [1.54, 1.807) is 18.6 Å². The minimum Gasteiger partial charge on any atom is -0.410 e. The van der Waals surface area contributed by atoms with Crippen molar-refractivity contribution in [1.29, 1.82) is 0 Å². The Labute approximate surface area is 295 Å². The smallest absolute Gasteiger partial charge is 0.410 e. The molecule has 0 saturated carbocycles. The molecule has 0 aliphatic rings. The van der Waals surface area contributed by atoms with E-state index in [9.17, 15) is 22.4 Å². The summed E-state index contributed by atoms with van der Waals surface area (Å²) in [7, 11) is 0. The quantitative estimate of drug-likeness (QED) is 0.156. The lowest BCUT2D eigenvalue weighted by atomic mass is 9.93. The van der Waals surface area contributed by atoms with Crippen LogP contribution in [0.2, 0.25) is 0 Å². The Morgan fingerprint density at radius 1 is 0.725 bits per heavy atom. The van der Waals surface area contributed by atoms with Gasteiger partial charge >= 0.3 is 12.3 Å². The number of benzene rings is 4. The van der Waals surface area contributed by atoms with Crippen LogP contribution in [0.1, 0.15) is 81.8 Å². The van der Waals surface area contributed by atoms with E-state index in [1.165, 1.54) is 68.8 Å². The number of carbonyl (C=O) groups is 1. The summed E-state index contributed by atoms with van der Waals surface area (Å²) in [6.45, 7) is 12.9. The van der Waals surface area contributed by atoms with Crippen molar-refractivity contribution in [2.45, 2.75) is 66.1 Å². The Balaban J connectivity index is 0.000000198. The second-order valence-electron chi connectivity index (χ2n) is 12.6. The molecule has 6 rings (SSSR count). The van der Waals surface area contributed by atoms with E-state index in [-0.39, 0.29) is 23.4 Å². The summed E-state index contributed by atoms with van der Waals surface area (Å²) in [4.78, 5) is 21.3. The summed E-state index contributed by atoms with van der Waals surface area (Å²) >= 11 is 0. The maximum Gasteiger partial charge on any atom is 0.424 e. The van der Waals surface area contributed by atoms with Gasteiger partial charge in [0.1, 0.15) is 23.2 Å². The zero-order valence-corrected chi connectivity index (χ0v) is 29.4. The molecule has 264 valence electrons. The average Bonchev–Trinajstić information content (AvgIpc) is 3.78. The van der Waals surface area contributed by atoms with Gasteiger partial charge in [-0.3, -0.25) is 0 Å². The van der Waals surface area contributed by atoms with E-state index in [2.05, 4.69) is 62.8 Å². The molecule has 0 aliphatic carbocycles. The van der Waals surface area contributed by atoms with Crippen molar-refractivity contribution in [1.82, 2.24) is 19.1 Å². The van der Waals surface area contributed by atoms with Crippen LogP contribution >= 0.6 is 0 Å². The van der Waals surface area contributed by atoms with E-state index >= 15 is 0 Å². The van der Waals surface area contributed by atoms with Gasteiger partial charge in [-0.05, 0) is 103 Å². The third-order valence-electron chi connectivity index (χ3n) is 9.27. The third-order valence-corrected chi connectivity index (χ3v) is 9.27. The molecule has 2 aromatic heterocycles. The van der Waals surface area contributed by atoms with Gasteiger partial charge in [0.15, 0.2) is 0 Å². The topological polar surface area (TPSA) is 61.9 Å². The number of nitrogens with zero attached hydrogens (tertiary/aromatic N) is 4. The standard InChI is InChI=1S/C21H21F3N2.C20H19FN2O2/c1-14-5-4-6-19(15(14)2)16(3)20-25-11-12-26(20)13-17-7-9-18(10-8-17)21(22,23)24;1-13-5-4-6-18(14(13)2)15(3)19-22-11-12-23(19)20(24)25-17-9-7-16(21)8-10-17/h4-12,16H,13H2,1-3H3;4-12,15H,1-3H3. The molecule has 10 heteroatoms. The lowest BCUT2D eigenvalue weighted by molar-refractivity contribution is -0.137. The fourth-order valence-electron chi connectivity index (χ4n) is 6.04. The average molecular weight is 697 g/mol. The number of carbonyl (C=O) groups excluding carboxylic acids is 1. The Morgan fingerprint density at radius 3 is 1.82 bits per heavy atom. The van der Waals surface area contributed by atoms with Crippen LogP contribution in [0.25, 0.3) is 0 Å². The third kappa shape index (κ3) is 8.63. The van der Waals surface area contributed by atoms with Gasteiger partial charge in [-0.15, -0.1) is 0 Å². The van der Waals surface area contributed by atoms with Crippen LogP contribution in [0.4, 0.5) is 22.4 Å². The predicted octanol–water partition coefficient (Wildman–Crippen LogP) is 10.6. The molecule has 0 spiro atoms. The highest BCUT2D eigenvalue weighted by atomic mass is 19.4. The first-order valence-corrected chi connectivity index (χ1v) is 16.5. The van der Waals surface area contributed by atoms with E-state index in [0.717, 1.165) is 29.1 Å². The predicted molar refractivity (Wildman–Crippen MR) is 190 cm³/mol. The minimum atomic E-state index is -4.31. The van der Waals surface area contributed by atoms with Gasteiger partial charge in [-0.2, -0.15) is 13.2 Å². The number of halogens is 4. The lowest BCUT2D eigenvalue weighted by Crippen LogP contribution is -2.20. The Hall–Kier alpha value is -5.51. The highest BCUT2D eigenvalue weighted by Crippen LogP contribution is 2.31. The Bertz CT molecular complexity index is 2100. The van der Waals surface area contributed by atoms with Gasteiger partial charge in [-0.25, -0.2) is 23.7 Å². The van der Waals surface area contributed by atoms with Gasteiger partial charge in [0.05, 0.1) is 5.56 Å². The molecular formula is C41H40F4N4O2. The molecule has 0 N–H and O–H groups in total.